The van der Waals surface area contributed by atoms with Gasteiger partial charge in [-0.3, -0.25) is 0 Å². The fourth-order valence-electron chi connectivity index (χ4n) is 2.27. The SMILES string of the molecule is C[C@H]1CC(C[C@H]2CCCN2)N1. The molecule has 0 bridgehead atoms. The van der Waals surface area contributed by atoms with Gasteiger partial charge < -0.3 is 10.6 Å². The number of nitrogens with one attached hydrogen (secondary N) is 2. The maximum absolute atomic E-state index is 3.53. The Balaban J connectivity index is 1.66. The van der Waals surface area contributed by atoms with Crippen molar-refractivity contribution in [3.05, 3.63) is 0 Å². The first-order valence-electron chi connectivity index (χ1n) is 4.84. The third-order valence-corrected chi connectivity index (χ3v) is 2.89. The maximum Gasteiger partial charge on any atom is 0.00990 e. The molecule has 2 heterocycles. The normalized spacial score (nSPS) is 43.9. The molecule has 1 unspecified atom stereocenters. The summed E-state index contributed by atoms with van der Waals surface area (Å²) in [6.45, 7) is 3.51. The van der Waals surface area contributed by atoms with E-state index in [9.17, 15) is 0 Å². The summed E-state index contributed by atoms with van der Waals surface area (Å²) in [4.78, 5) is 0. The number of hydrogen-bond acceptors (Lipinski definition) is 2. The molecule has 0 aromatic rings. The summed E-state index contributed by atoms with van der Waals surface area (Å²) in [5, 5.41) is 7.06. The first kappa shape index (κ1) is 7.56. The van der Waals surface area contributed by atoms with Crippen LogP contribution in [0.2, 0.25) is 0 Å². The molecular formula is C9H18N2. The molecule has 2 fully saturated rings. The largest absolute Gasteiger partial charge is 0.314 e. The zero-order chi connectivity index (χ0) is 7.68. The summed E-state index contributed by atoms with van der Waals surface area (Å²) in [7, 11) is 0. The maximum atomic E-state index is 3.53. The highest BCUT2D eigenvalue weighted by molar-refractivity contribution is 4.89. The Morgan fingerprint density at radius 1 is 1.36 bits per heavy atom. The fraction of sp³-hybridized carbons (Fsp3) is 1.00. The summed E-state index contributed by atoms with van der Waals surface area (Å²) >= 11 is 0. The van der Waals surface area contributed by atoms with E-state index in [0.717, 1.165) is 18.1 Å². The minimum Gasteiger partial charge on any atom is -0.314 e. The molecule has 2 rings (SSSR count). The quantitative estimate of drug-likeness (QED) is 0.617. The Kier molecular flexibility index (Phi) is 2.14. The molecule has 2 nitrogen and oxygen atoms in total. The number of rotatable bonds is 2. The van der Waals surface area contributed by atoms with Crippen molar-refractivity contribution in [2.45, 2.75) is 50.7 Å². The second-order valence-electron chi connectivity index (χ2n) is 4.03. The summed E-state index contributed by atoms with van der Waals surface area (Å²) in [6.07, 6.45) is 5.52. The van der Waals surface area contributed by atoms with Crippen LogP contribution in [0.15, 0.2) is 0 Å². The highest BCUT2D eigenvalue weighted by Gasteiger charge is 2.27. The Morgan fingerprint density at radius 3 is 2.73 bits per heavy atom. The fourth-order valence-corrected chi connectivity index (χ4v) is 2.27. The molecule has 3 atom stereocenters. The molecule has 2 N–H and O–H groups in total. The topological polar surface area (TPSA) is 24.1 Å². The monoisotopic (exact) mass is 154 g/mol. The van der Waals surface area contributed by atoms with E-state index >= 15 is 0 Å². The second-order valence-corrected chi connectivity index (χ2v) is 4.03. The molecule has 2 aliphatic rings. The molecule has 2 heteroatoms. The molecule has 2 aliphatic heterocycles. The van der Waals surface area contributed by atoms with Gasteiger partial charge in [0, 0.05) is 18.1 Å². The van der Waals surface area contributed by atoms with Crippen molar-refractivity contribution < 1.29 is 0 Å². The van der Waals surface area contributed by atoms with Gasteiger partial charge in [0.2, 0.25) is 0 Å². The molecule has 0 aliphatic carbocycles. The van der Waals surface area contributed by atoms with E-state index in [0.29, 0.717) is 0 Å². The molecule has 0 amide bonds. The van der Waals surface area contributed by atoms with E-state index in [4.69, 9.17) is 0 Å². The Labute approximate surface area is 68.7 Å². The second kappa shape index (κ2) is 3.11. The highest BCUT2D eigenvalue weighted by Crippen LogP contribution is 2.19. The van der Waals surface area contributed by atoms with Gasteiger partial charge in [-0.05, 0) is 39.2 Å². The summed E-state index contributed by atoms with van der Waals surface area (Å²) in [6, 6.07) is 2.42. The first-order valence-corrected chi connectivity index (χ1v) is 4.84. The summed E-state index contributed by atoms with van der Waals surface area (Å²) in [5.41, 5.74) is 0. The average Bonchev–Trinajstić information content (AvgIpc) is 2.36. The van der Waals surface area contributed by atoms with Crippen molar-refractivity contribution in [1.82, 2.24) is 10.6 Å². The highest BCUT2D eigenvalue weighted by atomic mass is 15.0. The lowest BCUT2D eigenvalue weighted by atomic mass is 9.92. The lowest BCUT2D eigenvalue weighted by molar-refractivity contribution is 0.250. The van der Waals surface area contributed by atoms with Crippen molar-refractivity contribution in [1.29, 1.82) is 0 Å². The van der Waals surface area contributed by atoms with Crippen molar-refractivity contribution in [3.8, 4) is 0 Å². The van der Waals surface area contributed by atoms with E-state index in [1.165, 1.54) is 32.2 Å². The summed E-state index contributed by atoms with van der Waals surface area (Å²) in [5.74, 6) is 0. The smallest absolute Gasteiger partial charge is 0.00990 e. The van der Waals surface area contributed by atoms with Crippen LogP contribution in [-0.4, -0.2) is 24.7 Å². The Bertz CT molecular complexity index is 124. The lowest BCUT2D eigenvalue weighted by Crippen LogP contribution is -2.52. The lowest BCUT2D eigenvalue weighted by Gasteiger charge is -2.36. The van der Waals surface area contributed by atoms with Crippen molar-refractivity contribution in [2.24, 2.45) is 0 Å². The molecule has 0 radical (unpaired) electrons. The predicted molar refractivity (Wildman–Crippen MR) is 46.6 cm³/mol. The standard InChI is InChI=1S/C9H18N2/c1-7-5-9(11-7)6-8-3-2-4-10-8/h7-11H,2-6H2,1H3/t7-,8+,9?/m0/s1. The zero-order valence-electron chi connectivity index (χ0n) is 7.27. The minimum absolute atomic E-state index is 0.779. The van der Waals surface area contributed by atoms with Crippen LogP contribution in [0.5, 0.6) is 0 Å². The molecule has 64 valence electrons. The van der Waals surface area contributed by atoms with E-state index in [-0.39, 0.29) is 0 Å². The van der Waals surface area contributed by atoms with Gasteiger partial charge in [-0.1, -0.05) is 0 Å². The molecule has 0 aromatic carbocycles. The van der Waals surface area contributed by atoms with Gasteiger partial charge in [-0.2, -0.15) is 0 Å². The van der Waals surface area contributed by atoms with Crippen molar-refractivity contribution in [3.63, 3.8) is 0 Å². The number of hydrogen-bond donors (Lipinski definition) is 2. The predicted octanol–water partition coefficient (Wildman–Crippen LogP) is 0.879. The van der Waals surface area contributed by atoms with Gasteiger partial charge in [0.05, 0.1) is 0 Å². The van der Waals surface area contributed by atoms with E-state index < -0.39 is 0 Å². The van der Waals surface area contributed by atoms with Gasteiger partial charge in [-0.15, -0.1) is 0 Å². The molecule has 11 heavy (non-hydrogen) atoms. The van der Waals surface area contributed by atoms with Gasteiger partial charge >= 0.3 is 0 Å². The average molecular weight is 154 g/mol. The third-order valence-electron chi connectivity index (χ3n) is 2.89. The van der Waals surface area contributed by atoms with Crippen LogP contribution >= 0.6 is 0 Å². The van der Waals surface area contributed by atoms with Gasteiger partial charge in [-0.25, -0.2) is 0 Å². The van der Waals surface area contributed by atoms with Gasteiger partial charge in [0.15, 0.2) is 0 Å². The van der Waals surface area contributed by atoms with Crippen LogP contribution in [0.4, 0.5) is 0 Å². The van der Waals surface area contributed by atoms with Gasteiger partial charge in [0.25, 0.3) is 0 Å². The third kappa shape index (κ3) is 1.74. The molecule has 0 saturated carbocycles. The summed E-state index contributed by atoms with van der Waals surface area (Å²) < 4.78 is 0. The van der Waals surface area contributed by atoms with E-state index in [1.54, 1.807) is 0 Å². The van der Waals surface area contributed by atoms with Crippen LogP contribution in [0, 0.1) is 0 Å². The van der Waals surface area contributed by atoms with E-state index in [1.807, 2.05) is 0 Å². The van der Waals surface area contributed by atoms with Crippen LogP contribution in [-0.2, 0) is 0 Å². The van der Waals surface area contributed by atoms with Crippen LogP contribution in [0.3, 0.4) is 0 Å². The molecule has 0 spiro atoms. The van der Waals surface area contributed by atoms with Crippen molar-refractivity contribution >= 4 is 0 Å². The molecular weight excluding hydrogens is 136 g/mol. The first-order chi connectivity index (χ1) is 5.34. The zero-order valence-corrected chi connectivity index (χ0v) is 7.27. The minimum atomic E-state index is 0.779. The van der Waals surface area contributed by atoms with Crippen LogP contribution < -0.4 is 10.6 Å². The Morgan fingerprint density at radius 2 is 2.18 bits per heavy atom. The molecule has 2 saturated heterocycles. The van der Waals surface area contributed by atoms with Crippen LogP contribution in [0.25, 0.3) is 0 Å². The van der Waals surface area contributed by atoms with E-state index in [2.05, 4.69) is 17.6 Å². The van der Waals surface area contributed by atoms with Crippen LogP contribution in [0.1, 0.15) is 32.6 Å². The molecule has 0 aromatic heterocycles. The van der Waals surface area contributed by atoms with Crippen molar-refractivity contribution in [2.75, 3.05) is 6.54 Å². The van der Waals surface area contributed by atoms with Gasteiger partial charge in [0.1, 0.15) is 0 Å². The Hall–Kier alpha value is -0.0800.